The van der Waals surface area contributed by atoms with Crippen LogP contribution in [0.1, 0.15) is 40.5 Å². The molecular weight excluding hydrogens is 210 g/mol. The lowest BCUT2D eigenvalue weighted by molar-refractivity contribution is 0.102. The summed E-state index contributed by atoms with van der Waals surface area (Å²) in [4.78, 5) is 4.83. The molecule has 0 radical (unpaired) electrons. The van der Waals surface area contributed by atoms with Gasteiger partial charge in [-0.15, -0.1) is 0 Å². The fraction of sp³-hybridized carbons (Fsp3) is 1.00. The Hall–Kier alpha value is -0.120. The van der Waals surface area contributed by atoms with E-state index in [0.29, 0.717) is 11.5 Å². The quantitative estimate of drug-likeness (QED) is 0.672. The van der Waals surface area contributed by atoms with Crippen molar-refractivity contribution in [2.75, 3.05) is 40.3 Å². The first-order valence-electron chi connectivity index (χ1n) is 7.03. The Morgan fingerprint density at radius 2 is 1.65 bits per heavy atom. The van der Waals surface area contributed by atoms with Gasteiger partial charge in [-0.25, -0.2) is 0 Å². The minimum atomic E-state index is 0.302. The van der Waals surface area contributed by atoms with Gasteiger partial charge in [-0.05, 0) is 52.4 Å². The molecule has 0 aliphatic heterocycles. The lowest BCUT2D eigenvalue weighted by Crippen LogP contribution is -2.48. The van der Waals surface area contributed by atoms with Crippen LogP contribution in [-0.2, 0) is 0 Å². The maximum Gasteiger partial charge on any atom is 0.0194 e. The van der Waals surface area contributed by atoms with Gasteiger partial charge >= 0.3 is 0 Å². The molecule has 17 heavy (non-hydrogen) atoms. The van der Waals surface area contributed by atoms with Crippen LogP contribution in [0.5, 0.6) is 0 Å². The summed E-state index contributed by atoms with van der Waals surface area (Å²) >= 11 is 0. The first kappa shape index (κ1) is 16.9. The average Bonchev–Trinajstić information content (AvgIpc) is 2.31. The van der Waals surface area contributed by atoms with E-state index < -0.39 is 0 Å². The van der Waals surface area contributed by atoms with E-state index in [1.54, 1.807) is 0 Å². The molecule has 0 aliphatic rings. The van der Waals surface area contributed by atoms with Gasteiger partial charge in [0.1, 0.15) is 0 Å². The molecule has 0 fully saturated rings. The Balaban J connectivity index is 4.55. The highest BCUT2D eigenvalue weighted by Crippen LogP contribution is 2.26. The Morgan fingerprint density at radius 1 is 1.12 bits per heavy atom. The zero-order valence-electron chi connectivity index (χ0n) is 12.8. The molecule has 0 bridgehead atoms. The van der Waals surface area contributed by atoms with Crippen LogP contribution in [0.25, 0.3) is 0 Å². The second-order valence-electron chi connectivity index (χ2n) is 5.59. The van der Waals surface area contributed by atoms with Gasteiger partial charge in [0.2, 0.25) is 0 Å². The summed E-state index contributed by atoms with van der Waals surface area (Å²) in [5.74, 6) is 0. The molecule has 3 heteroatoms. The van der Waals surface area contributed by atoms with Crippen molar-refractivity contribution in [3.63, 3.8) is 0 Å². The molecule has 0 aromatic rings. The summed E-state index contributed by atoms with van der Waals surface area (Å²) in [6, 6.07) is 0.596. The van der Waals surface area contributed by atoms with Crippen LogP contribution < -0.4 is 5.73 Å². The highest BCUT2D eigenvalue weighted by Gasteiger charge is 2.28. The van der Waals surface area contributed by atoms with Gasteiger partial charge in [0.15, 0.2) is 0 Å². The predicted octanol–water partition coefficient (Wildman–Crippen LogP) is 2.02. The van der Waals surface area contributed by atoms with Crippen LogP contribution in [0.3, 0.4) is 0 Å². The topological polar surface area (TPSA) is 32.5 Å². The molecular formula is C14H33N3. The summed E-state index contributed by atoms with van der Waals surface area (Å²) in [5, 5.41) is 0. The maximum absolute atomic E-state index is 6.00. The van der Waals surface area contributed by atoms with Gasteiger partial charge < -0.3 is 10.6 Å². The summed E-state index contributed by atoms with van der Waals surface area (Å²) in [5.41, 5.74) is 6.30. The van der Waals surface area contributed by atoms with E-state index in [2.05, 4.69) is 51.6 Å². The minimum Gasteiger partial charge on any atom is -0.330 e. The van der Waals surface area contributed by atoms with Gasteiger partial charge in [0.25, 0.3) is 0 Å². The Labute approximate surface area is 108 Å². The summed E-state index contributed by atoms with van der Waals surface area (Å²) in [6.45, 7) is 13.2. The second kappa shape index (κ2) is 8.06. The number of nitrogens with two attached hydrogens (primary N) is 1. The molecule has 0 spiro atoms. The van der Waals surface area contributed by atoms with Gasteiger partial charge in [-0.3, -0.25) is 4.90 Å². The first-order chi connectivity index (χ1) is 7.94. The normalized spacial score (nSPS) is 14.6. The van der Waals surface area contributed by atoms with Crippen molar-refractivity contribution in [3.8, 4) is 0 Å². The fourth-order valence-electron chi connectivity index (χ4n) is 2.48. The minimum absolute atomic E-state index is 0.302. The third-order valence-corrected chi connectivity index (χ3v) is 4.13. The summed E-state index contributed by atoms with van der Waals surface area (Å²) in [6.07, 6.45) is 2.34. The number of rotatable bonds is 9. The fourth-order valence-corrected chi connectivity index (χ4v) is 2.48. The largest absolute Gasteiger partial charge is 0.330 e. The Bertz CT molecular complexity index is 180. The second-order valence-corrected chi connectivity index (χ2v) is 5.59. The molecule has 1 atom stereocenters. The van der Waals surface area contributed by atoms with E-state index >= 15 is 0 Å². The standard InChI is InChI=1S/C14H33N3/c1-7-14(8-2,11-15)12-17(9-3)13(4)10-16(5)6/h13H,7-12,15H2,1-6H3. The van der Waals surface area contributed by atoms with Crippen molar-refractivity contribution < 1.29 is 0 Å². The smallest absolute Gasteiger partial charge is 0.0194 e. The van der Waals surface area contributed by atoms with Crippen molar-refractivity contribution >= 4 is 0 Å². The van der Waals surface area contributed by atoms with Crippen LogP contribution in [0.2, 0.25) is 0 Å². The number of likely N-dealkylation sites (N-methyl/N-ethyl adjacent to an activating group) is 2. The number of hydrogen-bond donors (Lipinski definition) is 1. The summed E-state index contributed by atoms with van der Waals surface area (Å²) in [7, 11) is 4.28. The molecule has 2 N–H and O–H groups in total. The van der Waals surface area contributed by atoms with Crippen molar-refractivity contribution in [1.82, 2.24) is 9.80 Å². The molecule has 0 rings (SSSR count). The van der Waals surface area contributed by atoms with Crippen LogP contribution in [-0.4, -0.2) is 56.1 Å². The van der Waals surface area contributed by atoms with Crippen LogP contribution in [0.15, 0.2) is 0 Å². The molecule has 0 aromatic heterocycles. The lowest BCUT2D eigenvalue weighted by Gasteiger charge is -2.39. The maximum atomic E-state index is 6.00. The van der Waals surface area contributed by atoms with Gasteiger partial charge in [0, 0.05) is 19.1 Å². The van der Waals surface area contributed by atoms with Crippen molar-refractivity contribution in [2.24, 2.45) is 11.1 Å². The van der Waals surface area contributed by atoms with Gasteiger partial charge in [0.05, 0.1) is 0 Å². The van der Waals surface area contributed by atoms with Crippen LogP contribution in [0, 0.1) is 5.41 Å². The van der Waals surface area contributed by atoms with E-state index in [1.807, 2.05) is 0 Å². The van der Waals surface area contributed by atoms with E-state index in [0.717, 1.165) is 26.2 Å². The van der Waals surface area contributed by atoms with Gasteiger partial charge in [-0.1, -0.05) is 20.8 Å². The number of hydrogen-bond acceptors (Lipinski definition) is 3. The highest BCUT2D eigenvalue weighted by atomic mass is 15.2. The molecule has 0 amide bonds. The lowest BCUT2D eigenvalue weighted by atomic mass is 9.81. The molecule has 0 heterocycles. The van der Waals surface area contributed by atoms with Crippen LogP contribution in [0.4, 0.5) is 0 Å². The van der Waals surface area contributed by atoms with Crippen molar-refractivity contribution in [2.45, 2.75) is 46.6 Å². The zero-order valence-corrected chi connectivity index (χ0v) is 12.8. The molecule has 104 valence electrons. The molecule has 0 aromatic carbocycles. The van der Waals surface area contributed by atoms with Crippen LogP contribution >= 0.6 is 0 Å². The molecule has 3 nitrogen and oxygen atoms in total. The zero-order chi connectivity index (χ0) is 13.5. The van der Waals surface area contributed by atoms with Crippen molar-refractivity contribution in [3.05, 3.63) is 0 Å². The van der Waals surface area contributed by atoms with Gasteiger partial charge in [-0.2, -0.15) is 0 Å². The third-order valence-electron chi connectivity index (χ3n) is 4.13. The molecule has 0 aliphatic carbocycles. The Morgan fingerprint density at radius 3 is 1.94 bits per heavy atom. The molecule has 0 saturated carbocycles. The van der Waals surface area contributed by atoms with E-state index in [1.165, 1.54) is 12.8 Å². The van der Waals surface area contributed by atoms with Crippen molar-refractivity contribution in [1.29, 1.82) is 0 Å². The molecule has 1 unspecified atom stereocenters. The highest BCUT2D eigenvalue weighted by molar-refractivity contribution is 4.83. The molecule has 0 saturated heterocycles. The predicted molar refractivity (Wildman–Crippen MR) is 77.3 cm³/mol. The SMILES string of the molecule is CCN(CC(CC)(CC)CN)C(C)CN(C)C. The third kappa shape index (κ3) is 5.36. The van der Waals surface area contributed by atoms with E-state index in [9.17, 15) is 0 Å². The van der Waals surface area contributed by atoms with E-state index in [4.69, 9.17) is 5.73 Å². The summed E-state index contributed by atoms with van der Waals surface area (Å²) < 4.78 is 0. The average molecular weight is 243 g/mol. The Kier molecular flexibility index (Phi) is 8.01. The van der Waals surface area contributed by atoms with E-state index in [-0.39, 0.29) is 0 Å². The number of nitrogens with zero attached hydrogens (tertiary/aromatic N) is 2. The monoisotopic (exact) mass is 243 g/mol. The first-order valence-corrected chi connectivity index (χ1v) is 7.03.